The molecule has 3 amide bonds. The molecule has 1 spiro atoms. The molecule has 2 aliphatic rings. The SMILES string of the molecule is CC(C)NC(=O)[C@@H]1CN(C(=O)Cc2ccc(F)cc2)C[C@]12Cc1ccccc1C(=O)N2. The topological polar surface area (TPSA) is 78.5 Å². The second-order valence-electron chi connectivity index (χ2n) is 8.74. The second kappa shape index (κ2) is 8.13. The van der Waals surface area contributed by atoms with Gasteiger partial charge in [-0.15, -0.1) is 0 Å². The maximum atomic E-state index is 13.2. The molecule has 0 aromatic heterocycles. The van der Waals surface area contributed by atoms with Crippen molar-refractivity contribution in [2.24, 2.45) is 5.92 Å². The highest BCUT2D eigenvalue weighted by Gasteiger charge is 2.54. The Morgan fingerprint density at radius 1 is 1.19 bits per heavy atom. The summed E-state index contributed by atoms with van der Waals surface area (Å²) in [5.74, 6) is -1.47. The Kier molecular flexibility index (Phi) is 5.52. The molecule has 7 heteroatoms. The lowest BCUT2D eigenvalue weighted by Gasteiger charge is -2.39. The van der Waals surface area contributed by atoms with E-state index < -0.39 is 11.5 Å². The van der Waals surface area contributed by atoms with E-state index in [0.29, 0.717) is 17.5 Å². The number of nitrogens with one attached hydrogen (secondary N) is 2. The van der Waals surface area contributed by atoms with Gasteiger partial charge in [0.2, 0.25) is 11.8 Å². The number of benzene rings is 2. The van der Waals surface area contributed by atoms with Crippen molar-refractivity contribution in [2.45, 2.75) is 38.3 Å². The van der Waals surface area contributed by atoms with Crippen molar-refractivity contribution in [1.82, 2.24) is 15.5 Å². The largest absolute Gasteiger partial charge is 0.354 e. The number of carbonyl (C=O) groups is 3. The number of likely N-dealkylation sites (tertiary alicyclic amines) is 1. The standard InChI is InChI=1S/C24H26FN3O3/c1-15(2)26-23(31)20-13-28(21(29)11-16-7-9-18(25)10-8-16)14-24(20)12-17-5-3-4-6-19(17)22(30)27-24/h3-10,15,20H,11-14H2,1-2H3,(H,26,31)(H,27,30)/t20-,24+/m0/s1. The van der Waals surface area contributed by atoms with E-state index >= 15 is 0 Å². The van der Waals surface area contributed by atoms with E-state index in [1.807, 2.05) is 32.0 Å². The van der Waals surface area contributed by atoms with E-state index in [9.17, 15) is 18.8 Å². The van der Waals surface area contributed by atoms with Gasteiger partial charge >= 0.3 is 0 Å². The van der Waals surface area contributed by atoms with Crippen LogP contribution in [0.4, 0.5) is 4.39 Å². The molecule has 6 nitrogen and oxygen atoms in total. The van der Waals surface area contributed by atoms with Crippen molar-refractivity contribution in [3.05, 3.63) is 71.0 Å². The van der Waals surface area contributed by atoms with Crippen molar-refractivity contribution in [3.8, 4) is 0 Å². The molecule has 2 aromatic carbocycles. The third kappa shape index (κ3) is 4.17. The molecule has 2 aromatic rings. The van der Waals surface area contributed by atoms with Crippen LogP contribution in [0.25, 0.3) is 0 Å². The smallest absolute Gasteiger partial charge is 0.252 e. The highest BCUT2D eigenvalue weighted by atomic mass is 19.1. The van der Waals surface area contributed by atoms with E-state index in [2.05, 4.69) is 10.6 Å². The number of nitrogens with zero attached hydrogens (tertiary/aromatic N) is 1. The van der Waals surface area contributed by atoms with E-state index in [1.165, 1.54) is 12.1 Å². The Bertz CT molecular complexity index is 1020. The maximum absolute atomic E-state index is 13.2. The van der Waals surface area contributed by atoms with Crippen LogP contribution in [0, 0.1) is 11.7 Å². The zero-order valence-electron chi connectivity index (χ0n) is 17.7. The Hall–Kier alpha value is -3.22. The first-order valence-corrected chi connectivity index (χ1v) is 10.5. The minimum atomic E-state index is -0.858. The lowest BCUT2D eigenvalue weighted by molar-refractivity contribution is -0.130. The molecule has 0 radical (unpaired) electrons. The average molecular weight is 423 g/mol. The van der Waals surface area contributed by atoms with E-state index in [0.717, 1.165) is 5.56 Å². The first-order chi connectivity index (χ1) is 14.8. The summed E-state index contributed by atoms with van der Waals surface area (Å²) in [6.07, 6.45) is 0.588. The fraction of sp³-hybridized carbons (Fsp3) is 0.375. The van der Waals surface area contributed by atoms with Gasteiger partial charge in [0, 0.05) is 24.7 Å². The van der Waals surface area contributed by atoms with Crippen molar-refractivity contribution < 1.29 is 18.8 Å². The number of halogens is 1. The lowest BCUT2D eigenvalue weighted by Crippen LogP contribution is -2.62. The van der Waals surface area contributed by atoms with Crippen LogP contribution >= 0.6 is 0 Å². The number of fused-ring (bicyclic) bond motifs is 1. The molecule has 4 rings (SSSR count). The van der Waals surface area contributed by atoms with Gasteiger partial charge in [-0.3, -0.25) is 14.4 Å². The highest BCUT2D eigenvalue weighted by molar-refractivity contribution is 5.98. The summed E-state index contributed by atoms with van der Waals surface area (Å²) >= 11 is 0. The lowest BCUT2D eigenvalue weighted by atomic mass is 9.77. The molecule has 31 heavy (non-hydrogen) atoms. The molecule has 0 unspecified atom stereocenters. The molecule has 2 N–H and O–H groups in total. The summed E-state index contributed by atoms with van der Waals surface area (Å²) in [7, 11) is 0. The van der Waals surface area contributed by atoms with Gasteiger partial charge in [0.1, 0.15) is 5.82 Å². The van der Waals surface area contributed by atoms with Gasteiger partial charge < -0.3 is 15.5 Å². The molecular weight excluding hydrogens is 397 g/mol. The molecule has 1 fully saturated rings. The first kappa shape index (κ1) is 21.0. The monoisotopic (exact) mass is 423 g/mol. The van der Waals surface area contributed by atoms with Gasteiger partial charge in [-0.25, -0.2) is 4.39 Å². The quantitative estimate of drug-likeness (QED) is 0.790. The van der Waals surface area contributed by atoms with Crippen LogP contribution in [0.15, 0.2) is 48.5 Å². The molecule has 162 valence electrons. The van der Waals surface area contributed by atoms with Crippen LogP contribution in [0.1, 0.15) is 35.3 Å². The average Bonchev–Trinajstić information content (AvgIpc) is 3.08. The van der Waals surface area contributed by atoms with E-state index in [4.69, 9.17) is 0 Å². The molecule has 1 saturated heterocycles. The number of carbonyl (C=O) groups excluding carboxylic acids is 3. The summed E-state index contributed by atoms with van der Waals surface area (Å²) in [6, 6.07) is 13.1. The Balaban J connectivity index is 1.61. The Morgan fingerprint density at radius 3 is 2.61 bits per heavy atom. The third-order valence-corrected chi connectivity index (χ3v) is 6.04. The minimum absolute atomic E-state index is 0.0555. The van der Waals surface area contributed by atoms with Gasteiger partial charge in [0.15, 0.2) is 0 Å². The maximum Gasteiger partial charge on any atom is 0.252 e. The second-order valence-corrected chi connectivity index (χ2v) is 8.74. The molecule has 2 atom stereocenters. The fourth-order valence-corrected chi connectivity index (χ4v) is 4.59. The minimum Gasteiger partial charge on any atom is -0.354 e. The summed E-state index contributed by atoms with van der Waals surface area (Å²) in [4.78, 5) is 40.6. The van der Waals surface area contributed by atoms with Crippen molar-refractivity contribution in [3.63, 3.8) is 0 Å². The van der Waals surface area contributed by atoms with Gasteiger partial charge in [-0.05, 0) is 49.6 Å². The molecule has 2 heterocycles. The summed E-state index contributed by atoms with van der Waals surface area (Å²) in [6.45, 7) is 4.24. The number of hydrogen-bond acceptors (Lipinski definition) is 3. The van der Waals surface area contributed by atoms with Gasteiger partial charge in [0.25, 0.3) is 5.91 Å². The van der Waals surface area contributed by atoms with Crippen LogP contribution in [0.5, 0.6) is 0 Å². The van der Waals surface area contributed by atoms with Gasteiger partial charge in [-0.2, -0.15) is 0 Å². The van der Waals surface area contributed by atoms with E-state index in [1.54, 1.807) is 23.1 Å². The first-order valence-electron chi connectivity index (χ1n) is 10.5. The predicted octanol–water partition coefficient (Wildman–Crippen LogP) is 2.08. The third-order valence-electron chi connectivity index (χ3n) is 6.04. The zero-order valence-corrected chi connectivity index (χ0v) is 17.7. The fourth-order valence-electron chi connectivity index (χ4n) is 4.59. The number of rotatable bonds is 4. The number of amides is 3. The summed E-state index contributed by atoms with van der Waals surface area (Å²) in [5.41, 5.74) is 1.32. The van der Waals surface area contributed by atoms with Crippen molar-refractivity contribution in [2.75, 3.05) is 13.1 Å². The predicted molar refractivity (Wildman–Crippen MR) is 114 cm³/mol. The van der Waals surface area contributed by atoms with Crippen molar-refractivity contribution >= 4 is 17.7 Å². The van der Waals surface area contributed by atoms with Crippen LogP contribution in [0.2, 0.25) is 0 Å². The van der Waals surface area contributed by atoms with Crippen LogP contribution < -0.4 is 10.6 Å². The van der Waals surface area contributed by atoms with Gasteiger partial charge in [-0.1, -0.05) is 30.3 Å². The Labute approximate surface area is 180 Å². The molecule has 0 bridgehead atoms. The molecule has 0 aliphatic carbocycles. The molecule has 0 saturated carbocycles. The van der Waals surface area contributed by atoms with Crippen molar-refractivity contribution in [1.29, 1.82) is 0 Å². The molecule has 2 aliphatic heterocycles. The normalized spacial score (nSPS) is 22.4. The summed E-state index contributed by atoms with van der Waals surface area (Å²) < 4.78 is 13.2. The summed E-state index contributed by atoms with van der Waals surface area (Å²) in [5, 5.41) is 6.01. The van der Waals surface area contributed by atoms with Gasteiger partial charge in [0.05, 0.1) is 17.9 Å². The van der Waals surface area contributed by atoms with Crippen LogP contribution in [-0.2, 0) is 22.4 Å². The molecular formula is C24H26FN3O3. The zero-order chi connectivity index (χ0) is 22.2. The van der Waals surface area contributed by atoms with Crippen LogP contribution in [0.3, 0.4) is 0 Å². The van der Waals surface area contributed by atoms with Crippen LogP contribution in [-0.4, -0.2) is 47.3 Å². The Morgan fingerprint density at radius 2 is 1.90 bits per heavy atom. The number of hydrogen-bond donors (Lipinski definition) is 2. The highest BCUT2D eigenvalue weighted by Crippen LogP contribution is 2.36. The van der Waals surface area contributed by atoms with E-state index in [-0.39, 0.29) is 49.1 Å².